The van der Waals surface area contributed by atoms with Gasteiger partial charge in [0.2, 0.25) is 0 Å². The van der Waals surface area contributed by atoms with E-state index in [0.717, 1.165) is 0 Å². The number of benzene rings is 2. The minimum Gasteiger partial charge on any atom is -0.408 e. The third-order valence-corrected chi connectivity index (χ3v) is 6.17. The highest BCUT2D eigenvalue weighted by atomic mass is 35.5. The Bertz CT molecular complexity index is 1080. The maximum Gasteiger partial charge on any atom is 0.419 e. The highest BCUT2D eigenvalue weighted by Crippen LogP contribution is 2.30. The molecular formula is C16H13Cl2NO4S. The molecule has 0 unspecified atom stereocenters. The number of hydrogen-bond donors (Lipinski definition) is 0. The Hall–Kier alpha value is -1.76. The summed E-state index contributed by atoms with van der Waals surface area (Å²) in [5.74, 6) is -0.837. The van der Waals surface area contributed by atoms with Crippen LogP contribution in [0.3, 0.4) is 0 Å². The topological polar surface area (TPSA) is 69.3 Å². The van der Waals surface area contributed by atoms with Gasteiger partial charge in [-0.1, -0.05) is 41.4 Å². The minimum absolute atomic E-state index is 0.00607. The van der Waals surface area contributed by atoms with Gasteiger partial charge >= 0.3 is 5.76 Å². The molecule has 2 aromatic carbocycles. The molecule has 0 N–H and O–H groups in total. The van der Waals surface area contributed by atoms with Crippen LogP contribution in [-0.2, 0) is 22.1 Å². The van der Waals surface area contributed by atoms with Crippen LogP contribution < -0.4 is 5.76 Å². The van der Waals surface area contributed by atoms with Crippen molar-refractivity contribution in [2.24, 2.45) is 0 Å². The molecule has 0 aliphatic heterocycles. The molecule has 24 heavy (non-hydrogen) atoms. The highest BCUT2D eigenvalue weighted by molar-refractivity contribution is 7.90. The molecule has 0 radical (unpaired) electrons. The number of aryl methyl sites for hydroxylation is 1. The van der Waals surface area contributed by atoms with Crippen molar-refractivity contribution < 1.29 is 12.8 Å². The van der Waals surface area contributed by atoms with Crippen LogP contribution in [0.25, 0.3) is 11.1 Å². The second kappa shape index (κ2) is 6.27. The van der Waals surface area contributed by atoms with E-state index in [2.05, 4.69) is 0 Å². The van der Waals surface area contributed by atoms with Crippen LogP contribution in [0.15, 0.2) is 50.5 Å². The summed E-state index contributed by atoms with van der Waals surface area (Å²) < 4.78 is 32.0. The van der Waals surface area contributed by atoms with E-state index in [1.54, 1.807) is 31.2 Å². The minimum atomic E-state index is -3.75. The molecule has 8 heteroatoms. The largest absolute Gasteiger partial charge is 0.419 e. The molecule has 3 aromatic rings. The maximum atomic E-state index is 12.8. The van der Waals surface area contributed by atoms with Gasteiger partial charge in [-0.15, -0.1) is 0 Å². The molecule has 0 bridgehead atoms. The van der Waals surface area contributed by atoms with Crippen molar-refractivity contribution in [2.45, 2.75) is 24.1 Å². The fourth-order valence-corrected chi connectivity index (χ4v) is 4.75. The molecule has 0 atom stereocenters. The molecule has 0 saturated carbocycles. The fourth-order valence-electron chi connectivity index (χ4n) is 2.50. The van der Waals surface area contributed by atoms with Crippen molar-refractivity contribution >= 4 is 44.1 Å². The molecule has 0 aliphatic carbocycles. The van der Waals surface area contributed by atoms with E-state index >= 15 is 0 Å². The first-order valence-electron chi connectivity index (χ1n) is 7.12. The molecule has 0 saturated heterocycles. The van der Waals surface area contributed by atoms with Crippen LogP contribution >= 0.6 is 23.2 Å². The van der Waals surface area contributed by atoms with Crippen molar-refractivity contribution in [1.82, 2.24) is 4.57 Å². The first-order chi connectivity index (χ1) is 11.3. The van der Waals surface area contributed by atoms with Gasteiger partial charge < -0.3 is 4.42 Å². The highest BCUT2D eigenvalue weighted by Gasteiger charge is 2.23. The summed E-state index contributed by atoms with van der Waals surface area (Å²) in [6.07, 6.45) is 0. The Kier molecular flexibility index (Phi) is 4.46. The van der Waals surface area contributed by atoms with E-state index in [-0.39, 0.29) is 21.3 Å². The van der Waals surface area contributed by atoms with Crippen molar-refractivity contribution in [2.75, 3.05) is 0 Å². The summed E-state index contributed by atoms with van der Waals surface area (Å²) in [4.78, 5) is 11.7. The van der Waals surface area contributed by atoms with E-state index in [4.69, 9.17) is 27.6 Å². The van der Waals surface area contributed by atoms with Gasteiger partial charge in [0, 0.05) is 17.6 Å². The molecule has 0 spiro atoms. The van der Waals surface area contributed by atoms with Gasteiger partial charge in [0.15, 0.2) is 15.4 Å². The Balaban J connectivity index is 2.15. The Morgan fingerprint density at radius 3 is 2.50 bits per heavy atom. The van der Waals surface area contributed by atoms with Crippen LogP contribution in [-0.4, -0.2) is 13.0 Å². The summed E-state index contributed by atoms with van der Waals surface area (Å²) >= 11 is 12.2. The molecule has 126 valence electrons. The standard InChI is InChI=1S/C16H13Cl2NO4S/c1-2-19-13-8-15(12(18)7-14(13)23-16(19)20)24(21,22)9-10-5-3-4-6-11(10)17/h3-8H,2,9H2,1H3. The lowest BCUT2D eigenvalue weighted by Crippen LogP contribution is -2.12. The smallest absolute Gasteiger partial charge is 0.408 e. The number of fused-ring (bicyclic) bond motifs is 1. The lowest BCUT2D eigenvalue weighted by molar-refractivity contribution is 0.513. The summed E-state index contributed by atoms with van der Waals surface area (Å²) in [5, 5.41) is 0.374. The molecular weight excluding hydrogens is 373 g/mol. The van der Waals surface area contributed by atoms with Gasteiger partial charge in [-0.3, -0.25) is 4.57 Å². The zero-order valence-corrected chi connectivity index (χ0v) is 15.0. The van der Waals surface area contributed by atoms with Gasteiger partial charge in [0.25, 0.3) is 0 Å². The van der Waals surface area contributed by atoms with Crippen molar-refractivity contribution in [3.05, 3.63) is 62.6 Å². The van der Waals surface area contributed by atoms with Crippen molar-refractivity contribution in [1.29, 1.82) is 0 Å². The number of aromatic nitrogens is 1. The molecule has 3 rings (SSSR count). The molecule has 5 nitrogen and oxygen atoms in total. The van der Waals surface area contributed by atoms with Gasteiger partial charge in [0.1, 0.15) is 0 Å². The van der Waals surface area contributed by atoms with Gasteiger partial charge in [-0.2, -0.15) is 0 Å². The number of halogens is 2. The van der Waals surface area contributed by atoms with Crippen molar-refractivity contribution in [3.63, 3.8) is 0 Å². The molecule has 1 aromatic heterocycles. The second-order valence-corrected chi connectivity index (χ2v) is 7.99. The van der Waals surface area contributed by atoms with Crippen LogP contribution in [0.1, 0.15) is 12.5 Å². The first kappa shape index (κ1) is 17.1. The average Bonchev–Trinajstić information content (AvgIpc) is 2.82. The molecule has 0 fully saturated rings. The lowest BCUT2D eigenvalue weighted by Gasteiger charge is -2.08. The van der Waals surface area contributed by atoms with Crippen LogP contribution in [0.5, 0.6) is 0 Å². The summed E-state index contributed by atoms with van der Waals surface area (Å²) in [5.41, 5.74) is 1.13. The van der Waals surface area contributed by atoms with Crippen LogP contribution in [0.2, 0.25) is 10.0 Å². The van der Waals surface area contributed by atoms with E-state index < -0.39 is 15.6 Å². The van der Waals surface area contributed by atoms with E-state index in [9.17, 15) is 13.2 Å². The Labute approximate surface area is 148 Å². The second-order valence-electron chi connectivity index (χ2n) is 5.21. The van der Waals surface area contributed by atoms with E-state index in [1.165, 1.54) is 16.7 Å². The third kappa shape index (κ3) is 2.97. The molecule has 0 amide bonds. The zero-order valence-electron chi connectivity index (χ0n) is 12.6. The van der Waals surface area contributed by atoms with Gasteiger partial charge in [-0.25, -0.2) is 13.2 Å². The molecule has 0 aliphatic rings. The average molecular weight is 386 g/mol. The van der Waals surface area contributed by atoms with E-state index in [0.29, 0.717) is 22.6 Å². The predicted molar refractivity (Wildman–Crippen MR) is 93.5 cm³/mol. The number of oxazole rings is 1. The monoisotopic (exact) mass is 385 g/mol. The number of sulfone groups is 1. The predicted octanol–water partition coefficient (Wildman–Crippen LogP) is 3.90. The quantitative estimate of drug-likeness (QED) is 0.682. The SMILES string of the molecule is CCn1c(=O)oc2cc(Cl)c(S(=O)(=O)Cc3ccccc3Cl)cc21. The summed E-state index contributed by atoms with van der Waals surface area (Å²) in [7, 11) is -3.75. The first-order valence-corrected chi connectivity index (χ1v) is 9.53. The lowest BCUT2D eigenvalue weighted by atomic mass is 10.2. The number of nitrogens with zero attached hydrogens (tertiary/aromatic N) is 1. The zero-order chi connectivity index (χ0) is 17.5. The molecule has 1 heterocycles. The van der Waals surface area contributed by atoms with Crippen LogP contribution in [0.4, 0.5) is 0 Å². The van der Waals surface area contributed by atoms with Crippen LogP contribution in [0, 0.1) is 0 Å². The number of rotatable bonds is 4. The Morgan fingerprint density at radius 1 is 1.12 bits per heavy atom. The normalized spacial score (nSPS) is 12.0. The van der Waals surface area contributed by atoms with Gasteiger partial charge in [-0.05, 0) is 24.6 Å². The van der Waals surface area contributed by atoms with E-state index in [1.807, 2.05) is 0 Å². The van der Waals surface area contributed by atoms with Crippen molar-refractivity contribution in [3.8, 4) is 0 Å². The fraction of sp³-hybridized carbons (Fsp3) is 0.188. The summed E-state index contributed by atoms with van der Waals surface area (Å²) in [6.45, 7) is 2.13. The summed E-state index contributed by atoms with van der Waals surface area (Å²) in [6, 6.07) is 9.44. The maximum absolute atomic E-state index is 12.8. The Morgan fingerprint density at radius 2 is 1.83 bits per heavy atom. The van der Waals surface area contributed by atoms with Gasteiger partial charge in [0.05, 0.1) is 21.2 Å². The number of hydrogen-bond acceptors (Lipinski definition) is 4. The third-order valence-electron chi connectivity index (χ3n) is 3.68.